The van der Waals surface area contributed by atoms with Gasteiger partial charge < -0.3 is 15.5 Å². The fraction of sp³-hybridized carbons (Fsp3) is 0.200. The van der Waals surface area contributed by atoms with Crippen LogP contribution in [0.15, 0.2) is 91.3 Å². The average molecular weight is 553 g/mol. The molecule has 5 aromatic rings. The molecule has 0 unspecified atom stereocenters. The Morgan fingerprint density at radius 1 is 1.05 bits per heavy atom. The zero-order valence-corrected chi connectivity index (χ0v) is 23.1. The van der Waals surface area contributed by atoms with Crippen LogP contribution in [-0.4, -0.2) is 37.0 Å². The molecule has 0 radical (unpaired) electrons. The van der Waals surface area contributed by atoms with E-state index in [1.165, 1.54) is 0 Å². The molecule has 0 saturated carbocycles. The molecule has 1 aliphatic rings. The molecule has 196 valence electrons. The highest BCUT2D eigenvalue weighted by atomic mass is 32.1. The number of benzene rings is 2. The second-order valence-corrected chi connectivity index (χ2v) is 10.8. The number of aromatic nitrogens is 3. The molecule has 2 aromatic carbocycles. The first kappa shape index (κ1) is 25.2. The first-order valence-corrected chi connectivity index (χ1v) is 14.2. The number of thiocarbonyl (C=S) groups is 1. The summed E-state index contributed by atoms with van der Waals surface area (Å²) in [6.45, 7) is 2.55. The number of carbonyl (C=O) groups excluding carboxylic acids is 1. The summed E-state index contributed by atoms with van der Waals surface area (Å²) in [4.78, 5) is 24.7. The normalized spacial score (nSPS) is 16.9. The van der Waals surface area contributed by atoms with Crippen LogP contribution >= 0.6 is 23.6 Å². The Labute approximate surface area is 236 Å². The molecule has 7 nitrogen and oxygen atoms in total. The zero-order valence-electron chi connectivity index (χ0n) is 21.4. The maximum Gasteiger partial charge on any atom is 0.226 e. The third-order valence-electron chi connectivity index (χ3n) is 7.02. The minimum atomic E-state index is -0.176. The van der Waals surface area contributed by atoms with E-state index in [9.17, 15) is 4.79 Å². The summed E-state index contributed by atoms with van der Waals surface area (Å²) < 4.78 is 3.26. The Balaban J connectivity index is 1.31. The summed E-state index contributed by atoms with van der Waals surface area (Å²) in [6.07, 6.45) is 4.99. The number of hydrogen-bond donors (Lipinski definition) is 2. The molecule has 0 spiro atoms. The maximum atomic E-state index is 13.0. The number of fused-ring (bicyclic) bond motifs is 1. The van der Waals surface area contributed by atoms with E-state index in [1.807, 2.05) is 72.9 Å². The van der Waals surface area contributed by atoms with Crippen LogP contribution in [0, 0.1) is 0 Å². The summed E-state index contributed by atoms with van der Waals surface area (Å²) in [7, 11) is 0. The third-order valence-corrected chi connectivity index (χ3v) is 8.41. The van der Waals surface area contributed by atoms with Crippen molar-refractivity contribution in [3.8, 4) is 5.13 Å². The number of nitrogens with one attached hydrogen (secondary N) is 2. The Bertz CT molecular complexity index is 1600. The van der Waals surface area contributed by atoms with Crippen molar-refractivity contribution in [3.63, 3.8) is 0 Å². The largest absolute Gasteiger partial charge is 0.352 e. The molecule has 3 aromatic heterocycles. The smallest absolute Gasteiger partial charge is 0.226 e. The molecule has 4 heterocycles. The number of para-hydroxylation sites is 2. The first-order chi connectivity index (χ1) is 19.1. The first-order valence-electron chi connectivity index (χ1n) is 13.0. The van der Waals surface area contributed by atoms with Crippen LogP contribution in [0.3, 0.4) is 0 Å². The van der Waals surface area contributed by atoms with Gasteiger partial charge in [0.2, 0.25) is 5.91 Å². The lowest BCUT2D eigenvalue weighted by Crippen LogP contribution is -2.33. The fourth-order valence-corrected chi connectivity index (χ4v) is 6.43. The number of pyridine rings is 1. The van der Waals surface area contributed by atoms with Crippen molar-refractivity contribution in [2.45, 2.75) is 31.8 Å². The molecule has 1 aliphatic heterocycles. The molecule has 0 aliphatic carbocycles. The highest BCUT2D eigenvalue weighted by Gasteiger charge is 2.41. The average Bonchev–Trinajstić information content (AvgIpc) is 3.69. The van der Waals surface area contributed by atoms with E-state index in [0.717, 1.165) is 44.4 Å². The Kier molecular flexibility index (Phi) is 7.08. The Hall–Kier alpha value is -4.08. The molecule has 1 amide bonds. The summed E-state index contributed by atoms with van der Waals surface area (Å²) in [5, 5.41) is 8.08. The number of hydrogen-bond acceptors (Lipinski definition) is 5. The third kappa shape index (κ3) is 5.03. The van der Waals surface area contributed by atoms with Gasteiger partial charge in [-0.1, -0.05) is 54.7 Å². The predicted octanol–water partition coefficient (Wildman–Crippen LogP) is 6.05. The monoisotopic (exact) mass is 552 g/mol. The predicted molar refractivity (Wildman–Crippen MR) is 160 cm³/mol. The lowest BCUT2D eigenvalue weighted by atomic mass is 10.0. The van der Waals surface area contributed by atoms with Gasteiger partial charge in [0.25, 0.3) is 0 Å². The second-order valence-electron chi connectivity index (χ2n) is 9.40. The summed E-state index contributed by atoms with van der Waals surface area (Å²) >= 11 is 7.49. The zero-order chi connectivity index (χ0) is 26.8. The number of nitrogens with zero attached hydrogens (tertiary/aromatic N) is 4. The molecule has 2 atom stereocenters. The van der Waals surface area contributed by atoms with Crippen LogP contribution in [0.25, 0.3) is 15.3 Å². The SMILES string of the molecule is CCc1ccccc1NC(=O)CCN1C(=S)N[C@H](c2ccccn2)[C@@H]1c1cccn1-c1nc2ccccc2s1. The van der Waals surface area contributed by atoms with Crippen molar-refractivity contribution in [3.05, 3.63) is 108 Å². The number of thiazole rings is 1. The van der Waals surface area contributed by atoms with Gasteiger partial charge >= 0.3 is 0 Å². The molecule has 9 heteroatoms. The topological polar surface area (TPSA) is 75.1 Å². The van der Waals surface area contributed by atoms with Gasteiger partial charge in [0.05, 0.1) is 33.7 Å². The van der Waals surface area contributed by atoms with Crippen LogP contribution in [0.5, 0.6) is 0 Å². The van der Waals surface area contributed by atoms with Gasteiger partial charge in [0.1, 0.15) is 0 Å². The van der Waals surface area contributed by atoms with E-state index in [2.05, 4.69) is 44.1 Å². The number of anilines is 1. The van der Waals surface area contributed by atoms with Crippen LogP contribution in [-0.2, 0) is 11.2 Å². The van der Waals surface area contributed by atoms with Crippen molar-refractivity contribution in [2.24, 2.45) is 0 Å². The highest BCUT2D eigenvalue weighted by molar-refractivity contribution is 7.80. The van der Waals surface area contributed by atoms with E-state index in [4.69, 9.17) is 17.2 Å². The number of amides is 1. The second kappa shape index (κ2) is 11.0. The van der Waals surface area contributed by atoms with Crippen molar-refractivity contribution < 1.29 is 4.79 Å². The van der Waals surface area contributed by atoms with Crippen molar-refractivity contribution in [1.29, 1.82) is 0 Å². The van der Waals surface area contributed by atoms with Crippen LogP contribution in [0.2, 0.25) is 0 Å². The van der Waals surface area contributed by atoms with Crippen LogP contribution in [0.1, 0.15) is 42.4 Å². The number of carbonyl (C=O) groups is 1. The summed E-state index contributed by atoms with van der Waals surface area (Å²) in [6, 6.07) is 25.8. The van der Waals surface area contributed by atoms with Gasteiger partial charge in [-0.2, -0.15) is 0 Å². The Morgan fingerprint density at radius 3 is 2.69 bits per heavy atom. The van der Waals surface area contributed by atoms with Crippen molar-refractivity contribution in [2.75, 3.05) is 11.9 Å². The molecule has 1 saturated heterocycles. The lowest BCUT2D eigenvalue weighted by molar-refractivity contribution is -0.116. The molecular weight excluding hydrogens is 525 g/mol. The molecule has 1 fully saturated rings. The van der Waals surface area contributed by atoms with Gasteiger partial charge in [-0.3, -0.25) is 14.3 Å². The van der Waals surface area contributed by atoms with Gasteiger partial charge in [-0.25, -0.2) is 4.98 Å². The minimum absolute atomic E-state index is 0.0414. The van der Waals surface area contributed by atoms with Gasteiger partial charge in [-0.05, 0) is 66.7 Å². The molecule has 2 N–H and O–H groups in total. The molecule has 39 heavy (non-hydrogen) atoms. The minimum Gasteiger partial charge on any atom is -0.352 e. The quantitative estimate of drug-likeness (QED) is 0.229. The fourth-order valence-electron chi connectivity index (χ4n) is 5.13. The maximum absolute atomic E-state index is 13.0. The Morgan fingerprint density at radius 2 is 1.87 bits per heavy atom. The summed E-state index contributed by atoms with van der Waals surface area (Å²) in [5.74, 6) is -0.0414. The van der Waals surface area contributed by atoms with Gasteiger partial charge in [0.15, 0.2) is 10.2 Å². The van der Waals surface area contributed by atoms with E-state index >= 15 is 0 Å². The van der Waals surface area contributed by atoms with E-state index < -0.39 is 0 Å². The van der Waals surface area contributed by atoms with Gasteiger partial charge in [-0.15, -0.1) is 0 Å². The number of rotatable bonds is 8. The number of aryl methyl sites for hydroxylation is 1. The van der Waals surface area contributed by atoms with Gasteiger partial charge in [0, 0.05) is 31.0 Å². The van der Waals surface area contributed by atoms with Crippen molar-refractivity contribution >= 4 is 50.5 Å². The van der Waals surface area contributed by atoms with Crippen molar-refractivity contribution in [1.82, 2.24) is 24.8 Å². The molecular formula is C30H28N6OS2. The highest BCUT2D eigenvalue weighted by Crippen LogP contribution is 2.40. The van der Waals surface area contributed by atoms with E-state index in [1.54, 1.807) is 17.5 Å². The van der Waals surface area contributed by atoms with E-state index in [-0.39, 0.29) is 18.0 Å². The van der Waals surface area contributed by atoms with Crippen LogP contribution in [0.4, 0.5) is 5.69 Å². The molecule has 0 bridgehead atoms. The van der Waals surface area contributed by atoms with Crippen LogP contribution < -0.4 is 10.6 Å². The molecule has 6 rings (SSSR count). The lowest BCUT2D eigenvalue weighted by Gasteiger charge is -2.28. The standard InChI is InChI=1S/C30H28N6OS2/c1-2-20-10-3-4-11-21(20)32-26(37)16-19-36-28(27(34-29(36)38)23-13-7-8-17-31-23)24-14-9-18-35(24)30-33-22-12-5-6-15-25(22)39-30/h3-15,17-18,27-28H,2,16,19H2,1H3,(H,32,37)(H,34,38)/t27-,28+/m1/s1. The summed E-state index contributed by atoms with van der Waals surface area (Å²) in [5.41, 5.74) is 4.88. The van der Waals surface area contributed by atoms with E-state index in [0.29, 0.717) is 18.1 Å².